The highest BCUT2D eigenvalue weighted by atomic mass is 19.4. The molecule has 2 amide bonds. The largest absolute Gasteiger partial charge is 0.416 e. The Balaban J connectivity index is 1.33. The van der Waals surface area contributed by atoms with E-state index >= 15 is 0 Å². The van der Waals surface area contributed by atoms with Crippen LogP contribution in [-0.4, -0.2) is 62.3 Å². The fourth-order valence-electron chi connectivity index (χ4n) is 4.93. The SMILES string of the molecule is O=C(c1ccc(C(F)(F)F)cc1)N1CCN(C(=O)c2nc3cccnc3n(C3CCCC3)c2=O)CC1. The van der Waals surface area contributed by atoms with Gasteiger partial charge in [0, 0.05) is 44.0 Å². The third-order valence-electron chi connectivity index (χ3n) is 6.85. The van der Waals surface area contributed by atoms with E-state index in [1.807, 2.05) is 0 Å². The number of carbonyl (C=O) groups excluding carboxylic acids is 2. The number of pyridine rings is 1. The molecule has 0 bridgehead atoms. The topological polar surface area (TPSA) is 88.4 Å². The Morgan fingerprint density at radius 1 is 0.889 bits per heavy atom. The van der Waals surface area contributed by atoms with Crippen LogP contribution in [0.3, 0.4) is 0 Å². The van der Waals surface area contributed by atoms with Crippen molar-refractivity contribution in [1.82, 2.24) is 24.3 Å². The van der Waals surface area contributed by atoms with Crippen LogP contribution in [0.4, 0.5) is 13.2 Å². The number of benzene rings is 1. The van der Waals surface area contributed by atoms with Gasteiger partial charge in [0.2, 0.25) is 0 Å². The molecule has 1 saturated heterocycles. The number of alkyl halides is 3. The first-order valence-corrected chi connectivity index (χ1v) is 11.9. The molecule has 1 aliphatic heterocycles. The smallest absolute Gasteiger partial charge is 0.335 e. The Labute approximate surface area is 204 Å². The van der Waals surface area contributed by atoms with Crippen molar-refractivity contribution < 1.29 is 22.8 Å². The van der Waals surface area contributed by atoms with Crippen molar-refractivity contribution in [2.75, 3.05) is 26.2 Å². The molecule has 8 nitrogen and oxygen atoms in total. The van der Waals surface area contributed by atoms with Gasteiger partial charge >= 0.3 is 6.18 Å². The number of amides is 2. The fraction of sp³-hybridized carbons (Fsp3) is 0.400. The van der Waals surface area contributed by atoms with E-state index in [0.717, 1.165) is 49.9 Å². The van der Waals surface area contributed by atoms with E-state index in [4.69, 9.17) is 0 Å². The highest BCUT2D eigenvalue weighted by Crippen LogP contribution is 2.31. The molecule has 0 spiro atoms. The summed E-state index contributed by atoms with van der Waals surface area (Å²) in [5.41, 5.74) is -0.352. The molecule has 5 rings (SSSR count). The first kappa shape index (κ1) is 24.0. The van der Waals surface area contributed by atoms with Crippen molar-refractivity contribution in [3.05, 3.63) is 69.8 Å². The molecular weight excluding hydrogens is 475 g/mol. The number of carbonyl (C=O) groups is 2. The zero-order valence-corrected chi connectivity index (χ0v) is 19.4. The third kappa shape index (κ3) is 4.45. The number of halogens is 3. The predicted octanol–water partition coefficient (Wildman–Crippen LogP) is 3.52. The van der Waals surface area contributed by atoms with Crippen LogP contribution < -0.4 is 5.56 Å². The van der Waals surface area contributed by atoms with E-state index < -0.39 is 29.1 Å². The average molecular weight is 499 g/mol. The maximum Gasteiger partial charge on any atom is 0.416 e. The van der Waals surface area contributed by atoms with Crippen LogP contribution in [0.15, 0.2) is 47.4 Å². The van der Waals surface area contributed by atoms with Crippen molar-refractivity contribution in [3.8, 4) is 0 Å². The van der Waals surface area contributed by atoms with Crippen molar-refractivity contribution in [2.24, 2.45) is 0 Å². The van der Waals surface area contributed by atoms with E-state index in [1.54, 1.807) is 22.9 Å². The Hall–Kier alpha value is -3.76. The van der Waals surface area contributed by atoms with Gasteiger partial charge in [-0.2, -0.15) is 13.2 Å². The molecule has 0 N–H and O–H groups in total. The van der Waals surface area contributed by atoms with Crippen molar-refractivity contribution >= 4 is 23.0 Å². The van der Waals surface area contributed by atoms with Gasteiger partial charge < -0.3 is 9.80 Å². The van der Waals surface area contributed by atoms with Crippen molar-refractivity contribution in [2.45, 2.75) is 37.9 Å². The van der Waals surface area contributed by atoms with Gasteiger partial charge in [0.05, 0.1) is 5.56 Å². The van der Waals surface area contributed by atoms with Gasteiger partial charge in [-0.05, 0) is 49.2 Å². The van der Waals surface area contributed by atoms with Crippen molar-refractivity contribution in [3.63, 3.8) is 0 Å². The molecule has 2 aliphatic rings. The third-order valence-corrected chi connectivity index (χ3v) is 6.85. The second-order valence-electron chi connectivity index (χ2n) is 9.08. The van der Waals surface area contributed by atoms with E-state index in [2.05, 4.69) is 9.97 Å². The van der Waals surface area contributed by atoms with Gasteiger partial charge in [0.15, 0.2) is 11.3 Å². The lowest BCUT2D eigenvalue weighted by atomic mass is 10.1. The number of nitrogens with zero attached hydrogens (tertiary/aromatic N) is 5. The van der Waals surface area contributed by atoms with Crippen LogP contribution in [0.1, 0.15) is 58.1 Å². The first-order chi connectivity index (χ1) is 17.2. The minimum absolute atomic E-state index is 0.0253. The second kappa shape index (κ2) is 9.36. The number of aromatic nitrogens is 3. The maximum absolute atomic E-state index is 13.4. The fourth-order valence-corrected chi connectivity index (χ4v) is 4.93. The summed E-state index contributed by atoms with van der Waals surface area (Å²) in [4.78, 5) is 51.1. The van der Waals surface area contributed by atoms with E-state index in [0.29, 0.717) is 11.2 Å². The highest BCUT2D eigenvalue weighted by Gasteiger charge is 2.32. The highest BCUT2D eigenvalue weighted by molar-refractivity contribution is 5.95. The van der Waals surface area contributed by atoms with Gasteiger partial charge in [0.25, 0.3) is 17.4 Å². The molecule has 3 aromatic rings. The molecule has 11 heteroatoms. The van der Waals surface area contributed by atoms with Crippen LogP contribution in [-0.2, 0) is 6.18 Å². The Kier molecular flexibility index (Phi) is 6.23. The van der Waals surface area contributed by atoms with Gasteiger partial charge in [-0.3, -0.25) is 19.0 Å². The molecule has 2 aromatic heterocycles. The molecule has 1 saturated carbocycles. The minimum Gasteiger partial charge on any atom is -0.335 e. The predicted molar refractivity (Wildman–Crippen MR) is 125 cm³/mol. The van der Waals surface area contributed by atoms with Crippen molar-refractivity contribution in [1.29, 1.82) is 0 Å². The van der Waals surface area contributed by atoms with Crippen LogP contribution in [0.5, 0.6) is 0 Å². The lowest BCUT2D eigenvalue weighted by molar-refractivity contribution is -0.137. The molecule has 1 aliphatic carbocycles. The standard InChI is InChI=1S/C25H24F3N5O3/c26-25(27,28)17-9-7-16(8-10-17)22(34)31-12-14-32(15-13-31)23(35)20-24(36)33(18-4-1-2-5-18)21-19(30-20)6-3-11-29-21/h3,6-11,18H,1-2,4-5,12-15H2. The monoisotopic (exact) mass is 499 g/mol. The minimum atomic E-state index is -4.48. The van der Waals surface area contributed by atoms with Gasteiger partial charge in [-0.15, -0.1) is 0 Å². The number of rotatable bonds is 3. The van der Waals surface area contributed by atoms with Crippen LogP contribution in [0.2, 0.25) is 0 Å². The molecule has 188 valence electrons. The van der Waals surface area contributed by atoms with Gasteiger partial charge in [-0.25, -0.2) is 9.97 Å². The quantitative estimate of drug-likeness (QED) is 0.550. The molecule has 0 atom stereocenters. The van der Waals surface area contributed by atoms with Gasteiger partial charge in [0.1, 0.15) is 5.52 Å². The molecule has 1 aromatic carbocycles. The second-order valence-corrected chi connectivity index (χ2v) is 9.08. The molecular formula is C25H24F3N5O3. The summed E-state index contributed by atoms with van der Waals surface area (Å²) in [6, 6.07) is 7.47. The Bertz CT molecular complexity index is 1360. The average Bonchev–Trinajstić information content (AvgIpc) is 3.41. The normalized spacial score (nSPS) is 17.1. The Morgan fingerprint density at radius 3 is 2.11 bits per heavy atom. The summed E-state index contributed by atoms with van der Waals surface area (Å²) < 4.78 is 40.0. The summed E-state index contributed by atoms with van der Waals surface area (Å²) in [5, 5.41) is 0. The summed E-state index contributed by atoms with van der Waals surface area (Å²) in [5.74, 6) is -0.909. The van der Waals surface area contributed by atoms with Crippen LogP contribution in [0.25, 0.3) is 11.2 Å². The number of fused-ring (bicyclic) bond motifs is 1. The van der Waals surface area contributed by atoms with E-state index in [1.165, 1.54) is 9.80 Å². The Morgan fingerprint density at radius 2 is 1.50 bits per heavy atom. The molecule has 36 heavy (non-hydrogen) atoms. The zero-order valence-electron chi connectivity index (χ0n) is 19.4. The van der Waals surface area contributed by atoms with E-state index in [9.17, 15) is 27.6 Å². The zero-order chi connectivity index (χ0) is 25.4. The maximum atomic E-state index is 13.4. The molecule has 3 heterocycles. The number of piperazine rings is 1. The summed E-state index contributed by atoms with van der Waals surface area (Å²) in [6.07, 6.45) is 0.819. The van der Waals surface area contributed by atoms with Crippen LogP contribution in [0, 0.1) is 0 Å². The van der Waals surface area contributed by atoms with Gasteiger partial charge in [-0.1, -0.05) is 12.8 Å². The summed E-state index contributed by atoms with van der Waals surface area (Å²) >= 11 is 0. The molecule has 2 fully saturated rings. The summed E-state index contributed by atoms with van der Waals surface area (Å²) in [7, 11) is 0. The summed E-state index contributed by atoms with van der Waals surface area (Å²) in [6.45, 7) is 0.747. The lowest BCUT2D eigenvalue weighted by Gasteiger charge is -2.34. The van der Waals surface area contributed by atoms with E-state index in [-0.39, 0.29) is 43.5 Å². The lowest BCUT2D eigenvalue weighted by Crippen LogP contribution is -2.51. The van der Waals surface area contributed by atoms with Crippen LogP contribution >= 0.6 is 0 Å². The molecule has 0 unspecified atom stereocenters. The number of hydrogen-bond donors (Lipinski definition) is 0. The first-order valence-electron chi connectivity index (χ1n) is 11.9. The molecule has 0 radical (unpaired) electrons. The number of hydrogen-bond acceptors (Lipinski definition) is 5.